The van der Waals surface area contributed by atoms with Crippen LogP contribution in [0.4, 0.5) is 0 Å². The van der Waals surface area contributed by atoms with Crippen molar-refractivity contribution in [1.29, 1.82) is 0 Å². The number of carbonyl (C=O) groups is 2. The number of rotatable bonds is 3. The maximum Gasteiger partial charge on any atom is 0.269 e. The van der Waals surface area contributed by atoms with E-state index in [1.807, 2.05) is 18.7 Å². The molecule has 122 valence electrons. The zero-order valence-corrected chi connectivity index (χ0v) is 13.9. The number of nitrogens with one attached hydrogen (secondary N) is 1. The van der Waals surface area contributed by atoms with E-state index in [9.17, 15) is 9.59 Å². The van der Waals surface area contributed by atoms with E-state index in [0.717, 1.165) is 34.1 Å². The number of amides is 2. The van der Waals surface area contributed by atoms with E-state index < -0.39 is 5.91 Å². The summed E-state index contributed by atoms with van der Waals surface area (Å²) in [6.07, 6.45) is 1.67. The number of nitrogens with zero attached hydrogens (tertiary/aromatic N) is 3. The van der Waals surface area contributed by atoms with Gasteiger partial charge in [0.05, 0.1) is 10.7 Å². The molecular formula is C15H19N5O2S. The molecule has 0 atom stereocenters. The first-order valence-electron chi connectivity index (χ1n) is 7.54. The van der Waals surface area contributed by atoms with Gasteiger partial charge in [0.1, 0.15) is 10.6 Å². The number of aryl methyl sites for hydroxylation is 2. The van der Waals surface area contributed by atoms with Crippen LogP contribution in [-0.2, 0) is 0 Å². The number of primary amides is 1. The minimum atomic E-state index is -0.531. The van der Waals surface area contributed by atoms with Crippen LogP contribution in [0.1, 0.15) is 55.3 Å². The Kier molecular flexibility index (Phi) is 4.16. The molecule has 2 amide bonds. The summed E-state index contributed by atoms with van der Waals surface area (Å²) in [6.45, 7) is 5.16. The average Bonchev–Trinajstić information content (AvgIpc) is 3.13. The van der Waals surface area contributed by atoms with Crippen LogP contribution in [0.2, 0.25) is 0 Å². The first-order valence-corrected chi connectivity index (χ1v) is 8.35. The molecule has 0 radical (unpaired) electrons. The third kappa shape index (κ3) is 3.12. The van der Waals surface area contributed by atoms with Gasteiger partial charge in [0.25, 0.3) is 11.8 Å². The van der Waals surface area contributed by atoms with Crippen molar-refractivity contribution in [2.24, 2.45) is 5.73 Å². The number of H-pyrrole nitrogens is 1. The van der Waals surface area contributed by atoms with E-state index in [0.29, 0.717) is 13.1 Å². The first kappa shape index (κ1) is 15.7. The van der Waals surface area contributed by atoms with Gasteiger partial charge in [-0.15, -0.1) is 11.3 Å². The largest absolute Gasteiger partial charge is 0.364 e. The van der Waals surface area contributed by atoms with E-state index in [1.54, 1.807) is 6.07 Å². The van der Waals surface area contributed by atoms with Gasteiger partial charge in [-0.05, 0) is 32.8 Å². The average molecular weight is 333 g/mol. The number of likely N-dealkylation sites (tertiary alicyclic amines) is 1. The highest BCUT2D eigenvalue weighted by Gasteiger charge is 2.27. The van der Waals surface area contributed by atoms with Crippen LogP contribution in [-0.4, -0.2) is 45.0 Å². The number of piperidine rings is 1. The molecule has 8 heteroatoms. The van der Waals surface area contributed by atoms with E-state index in [4.69, 9.17) is 5.73 Å². The molecule has 2 aromatic heterocycles. The van der Waals surface area contributed by atoms with E-state index in [2.05, 4.69) is 15.2 Å². The van der Waals surface area contributed by atoms with Crippen molar-refractivity contribution in [2.45, 2.75) is 32.6 Å². The van der Waals surface area contributed by atoms with E-state index >= 15 is 0 Å². The standard InChI is InChI=1S/C15H19N5O2S/c1-8-13(23-9(2)17-8)15(22)20-5-3-10(4-6-20)11-7-12(14(16)21)19-18-11/h7,10H,3-6H2,1-2H3,(H2,16,21)(H,18,19). The number of nitrogens with two attached hydrogens (primary N) is 1. The summed E-state index contributed by atoms with van der Waals surface area (Å²) in [5.41, 5.74) is 7.20. The van der Waals surface area contributed by atoms with Crippen molar-refractivity contribution < 1.29 is 9.59 Å². The van der Waals surface area contributed by atoms with Gasteiger partial charge in [0, 0.05) is 24.7 Å². The molecule has 23 heavy (non-hydrogen) atoms. The number of carbonyl (C=O) groups excluding carboxylic acids is 2. The molecule has 3 rings (SSSR count). The number of thiazole rings is 1. The molecular weight excluding hydrogens is 314 g/mol. The topological polar surface area (TPSA) is 105 Å². The van der Waals surface area contributed by atoms with Gasteiger partial charge in [0.2, 0.25) is 0 Å². The molecule has 0 aromatic carbocycles. The fraction of sp³-hybridized carbons (Fsp3) is 0.467. The highest BCUT2D eigenvalue weighted by atomic mass is 32.1. The molecule has 1 aliphatic heterocycles. The highest BCUT2D eigenvalue weighted by molar-refractivity contribution is 7.13. The molecule has 0 unspecified atom stereocenters. The molecule has 0 bridgehead atoms. The summed E-state index contributed by atoms with van der Waals surface area (Å²) in [7, 11) is 0. The van der Waals surface area contributed by atoms with Crippen molar-refractivity contribution in [1.82, 2.24) is 20.1 Å². The smallest absolute Gasteiger partial charge is 0.269 e. The molecule has 1 aliphatic rings. The molecule has 1 saturated heterocycles. The lowest BCUT2D eigenvalue weighted by Gasteiger charge is -2.31. The Morgan fingerprint density at radius 1 is 1.35 bits per heavy atom. The lowest BCUT2D eigenvalue weighted by atomic mass is 9.93. The van der Waals surface area contributed by atoms with E-state index in [1.165, 1.54) is 11.3 Å². The van der Waals surface area contributed by atoms with Gasteiger partial charge in [-0.2, -0.15) is 5.10 Å². The van der Waals surface area contributed by atoms with Crippen LogP contribution in [0.15, 0.2) is 6.07 Å². The number of aromatic nitrogens is 3. The van der Waals surface area contributed by atoms with Gasteiger partial charge >= 0.3 is 0 Å². The van der Waals surface area contributed by atoms with Gasteiger partial charge in [-0.1, -0.05) is 0 Å². The monoisotopic (exact) mass is 333 g/mol. The second-order valence-corrected chi connectivity index (χ2v) is 6.99. The lowest BCUT2D eigenvalue weighted by Crippen LogP contribution is -2.37. The number of aromatic amines is 1. The maximum atomic E-state index is 12.6. The zero-order valence-electron chi connectivity index (χ0n) is 13.1. The Balaban J connectivity index is 1.65. The predicted molar refractivity (Wildman–Crippen MR) is 86.6 cm³/mol. The van der Waals surface area contributed by atoms with Crippen LogP contribution in [0.5, 0.6) is 0 Å². The molecule has 1 fully saturated rings. The highest BCUT2D eigenvalue weighted by Crippen LogP contribution is 2.29. The summed E-state index contributed by atoms with van der Waals surface area (Å²) in [5.74, 6) is -0.200. The van der Waals surface area contributed by atoms with Crippen LogP contribution in [0.25, 0.3) is 0 Å². The molecule has 0 aliphatic carbocycles. The molecule has 0 saturated carbocycles. The second-order valence-electron chi connectivity index (χ2n) is 5.79. The first-order chi connectivity index (χ1) is 11.0. The minimum Gasteiger partial charge on any atom is -0.364 e. The zero-order chi connectivity index (χ0) is 16.6. The van der Waals surface area contributed by atoms with Crippen molar-refractivity contribution in [3.05, 3.63) is 33.0 Å². The summed E-state index contributed by atoms with van der Waals surface area (Å²) < 4.78 is 0. The van der Waals surface area contributed by atoms with Crippen LogP contribution in [0.3, 0.4) is 0 Å². The van der Waals surface area contributed by atoms with Gasteiger partial charge < -0.3 is 10.6 Å². The summed E-state index contributed by atoms with van der Waals surface area (Å²) in [4.78, 5) is 30.6. The normalized spacial score (nSPS) is 15.8. The maximum absolute atomic E-state index is 12.6. The molecule has 2 aromatic rings. The van der Waals surface area contributed by atoms with Gasteiger partial charge in [0.15, 0.2) is 0 Å². The molecule has 7 nitrogen and oxygen atoms in total. The Bertz CT molecular complexity index is 743. The van der Waals surface area contributed by atoms with Crippen molar-refractivity contribution in [3.63, 3.8) is 0 Å². The summed E-state index contributed by atoms with van der Waals surface area (Å²) >= 11 is 1.45. The fourth-order valence-electron chi connectivity index (χ4n) is 2.94. The quantitative estimate of drug-likeness (QED) is 0.890. The van der Waals surface area contributed by atoms with Crippen molar-refractivity contribution in [3.8, 4) is 0 Å². The lowest BCUT2D eigenvalue weighted by molar-refractivity contribution is 0.0716. The minimum absolute atomic E-state index is 0.0639. The van der Waals surface area contributed by atoms with Crippen LogP contribution < -0.4 is 5.73 Å². The van der Waals surface area contributed by atoms with Gasteiger partial charge in [-0.25, -0.2) is 4.98 Å². The second kappa shape index (κ2) is 6.11. The Hall–Kier alpha value is -2.22. The SMILES string of the molecule is Cc1nc(C)c(C(=O)N2CCC(c3cc(C(N)=O)n[nH]3)CC2)s1. The molecule has 3 N–H and O–H groups in total. The number of hydrogen-bond donors (Lipinski definition) is 2. The summed E-state index contributed by atoms with van der Waals surface area (Å²) in [5, 5.41) is 7.72. The molecule has 3 heterocycles. The third-order valence-electron chi connectivity index (χ3n) is 4.17. The van der Waals surface area contributed by atoms with Crippen LogP contribution >= 0.6 is 11.3 Å². The Morgan fingerprint density at radius 2 is 2.04 bits per heavy atom. The Labute approximate surface area is 137 Å². The van der Waals surface area contributed by atoms with Crippen molar-refractivity contribution in [2.75, 3.05) is 13.1 Å². The third-order valence-corrected chi connectivity index (χ3v) is 5.23. The summed E-state index contributed by atoms with van der Waals surface area (Å²) in [6, 6.07) is 1.71. The predicted octanol–water partition coefficient (Wildman–Crippen LogP) is 1.60. The van der Waals surface area contributed by atoms with Crippen LogP contribution in [0, 0.1) is 13.8 Å². The van der Waals surface area contributed by atoms with Crippen molar-refractivity contribution >= 4 is 23.2 Å². The van der Waals surface area contributed by atoms with Gasteiger partial charge in [-0.3, -0.25) is 14.7 Å². The molecule has 0 spiro atoms. The Morgan fingerprint density at radius 3 is 2.57 bits per heavy atom. The van der Waals surface area contributed by atoms with E-state index in [-0.39, 0.29) is 17.5 Å². The number of hydrogen-bond acceptors (Lipinski definition) is 5. The fourth-order valence-corrected chi connectivity index (χ4v) is 3.83.